The van der Waals surface area contributed by atoms with Gasteiger partial charge in [-0.3, -0.25) is 20.2 Å². The number of aromatic hydroxyl groups is 1. The summed E-state index contributed by atoms with van der Waals surface area (Å²) >= 11 is 1.30. The fourth-order valence-electron chi connectivity index (χ4n) is 1.66. The third-order valence-electron chi connectivity index (χ3n) is 2.93. The molecule has 1 aromatic carbocycles. The monoisotopic (exact) mass is 321 g/mol. The Hall–Kier alpha value is -2.48. The second kappa shape index (κ2) is 5.72. The Morgan fingerprint density at radius 2 is 2.09 bits per heavy atom. The number of hydrogen-bond acceptors (Lipinski definition) is 6. The molecule has 0 aliphatic heterocycles. The molecule has 0 radical (unpaired) electrons. The van der Waals surface area contributed by atoms with E-state index < -0.39 is 22.3 Å². The van der Waals surface area contributed by atoms with Gasteiger partial charge in [0.05, 0.1) is 10.6 Å². The maximum Gasteiger partial charge on any atom is 0.310 e. The Labute approximate surface area is 130 Å². The molecule has 0 saturated carbocycles. The van der Waals surface area contributed by atoms with Crippen molar-refractivity contribution in [1.82, 2.24) is 4.98 Å². The zero-order chi connectivity index (χ0) is 16.5. The number of nitrogens with one attached hydrogen (secondary N) is 1. The summed E-state index contributed by atoms with van der Waals surface area (Å²) in [6, 6.07) is 3.43. The smallest absolute Gasteiger partial charge is 0.310 e. The maximum atomic E-state index is 12.1. The molecule has 2 N–H and O–H groups in total. The van der Waals surface area contributed by atoms with Gasteiger partial charge >= 0.3 is 5.69 Å². The summed E-state index contributed by atoms with van der Waals surface area (Å²) < 4.78 is 0. The number of phenolic OH excluding ortho intramolecular Hbond substituents is 1. The molecule has 0 aliphatic rings. The first kappa shape index (κ1) is 15.9. The number of phenols is 1. The zero-order valence-corrected chi connectivity index (χ0v) is 13.1. The van der Waals surface area contributed by atoms with Crippen LogP contribution in [0.5, 0.6) is 5.75 Å². The SMILES string of the molecule is CC(C)(C)c1csc(NC(=O)c2ccc([N+](=O)[O-])c(O)c2)n1. The molecule has 1 aromatic heterocycles. The molecule has 116 valence electrons. The van der Waals surface area contributed by atoms with E-state index in [1.165, 1.54) is 17.4 Å². The molecule has 0 bridgehead atoms. The summed E-state index contributed by atoms with van der Waals surface area (Å²) in [6.45, 7) is 6.05. The highest BCUT2D eigenvalue weighted by atomic mass is 32.1. The standard InChI is InChI=1S/C14H15N3O4S/c1-14(2,3)11-7-22-13(15-11)16-12(19)8-4-5-9(17(20)21)10(18)6-8/h4-7,18H,1-3H3,(H,15,16,19). The first-order valence-corrected chi connectivity index (χ1v) is 7.31. The van der Waals surface area contributed by atoms with Gasteiger partial charge in [0.15, 0.2) is 10.9 Å². The molecule has 0 saturated heterocycles. The van der Waals surface area contributed by atoms with Crippen LogP contribution >= 0.6 is 11.3 Å². The average molecular weight is 321 g/mol. The molecular weight excluding hydrogens is 306 g/mol. The van der Waals surface area contributed by atoms with Crippen LogP contribution in [0.3, 0.4) is 0 Å². The van der Waals surface area contributed by atoms with Gasteiger partial charge in [0.1, 0.15) is 0 Å². The second-order valence-electron chi connectivity index (χ2n) is 5.70. The van der Waals surface area contributed by atoms with Gasteiger partial charge in [-0.05, 0) is 12.1 Å². The number of anilines is 1. The summed E-state index contributed by atoms with van der Waals surface area (Å²) in [5.41, 5.74) is 0.418. The molecule has 0 spiro atoms. The van der Waals surface area contributed by atoms with E-state index in [1.54, 1.807) is 0 Å². The van der Waals surface area contributed by atoms with Gasteiger partial charge in [-0.2, -0.15) is 0 Å². The van der Waals surface area contributed by atoms with Gasteiger partial charge in [0.25, 0.3) is 5.91 Å². The molecule has 1 heterocycles. The van der Waals surface area contributed by atoms with Crippen LogP contribution < -0.4 is 5.32 Å². The Morgan fingerprint density at radius 3 is 2.59 bits per heavy atom. The number of benzene rings is 1. The van der Waals surface area contributed by atoms with Crippen LogP contribution in [-0.4, -0.2) is 20.9 Å². The molecule has 0 atom stereocenters. The Bertz CT molecular complexity index is 734. The maximum absolute atomic E-state index is 12.1. The largest absolute Gasteiger partial charge is 0.502 e. The molecule has 7 nitrogen and oxygen atoms in total. The molecule has 1 amide bonds. The van der Waals surface area contributed by atoms with E-state index in [0.717, 1.165) is 17.8 Å². The van der Waals surface area contributed by atoms with Crippen molar-refractivity contribution in [1.29, 1.82) is 0 Å². The Morgan fingerprint density at radius 1 is 1.41 bits per heavy atom. The third kappa shape index (κ3) is 3.40. The third-order valence-corrected chi connectivity index (χ3v) is 3.69. The van der Waals surface area contributed by atoms with Crippen molar-refractivity contribution in [3.05, 3.63) is 45.0 Å². The molecule has 2 aromatic rings. The Balaban J connectivity index is 2.17. The molecular formula is C14H15N3O4S. The predicted octanol–water partition coefficient (Wildman–Crippen LogP) is 3.31. The lowest BCUT2D eigenvalue weighted by molar-refractivity contribution is -0.385. The molecule has 0 aliphatic carbocycles. The molecule has 22 heavy (non-hydrogen) atoms. The number of aromatic nitrogens is 1. The first-order chi connectivity index (χ1) is 10.2. The van der Waals surface area contributed by atoms with Crippen molar-refractivity contribution in [3.63, 3.8) is 0 Å². The number of thiazole rings is 1. The van der Waals surface area contributed by atoms with Crippen molar-refractivity contribution in [2.45, 2.75) is 26.2 Å². The number of amides is 1. The second-order valence-corrected chi connectivity index (χ2v) is 6.56. The van der Waals surface area contributed by atoms with Crippen molar-refractivity contribution < 1.29 is 14.8 Å². The lowest BCUT2D eigenvalue weighted by Crippen LogP contribution is -2.14. The normalized spacial score (nSPS) is 11.2. The molecule has 8 heteroatoms. The highest BCUT2D eigenvalue weighted by Gasteiger charge is 2.20. The van der Waals surface area contributed by atoms with Gasteiger partial charge in [-0.1, -0.05) is 20.8 Å². The van der Waals surface area contributed by atoms with Gasteiger partial charge in [-0.25, -0.2) is 4.98 Å². The highest BCUT2D eigenvalue weighted by Crippen LogP contribution is 2.28. The molecule has 2 rings (SSSR count). The first-order valence-electron chi connectivity index (χ1n) is 6.43. The Kier molecular flexibility index (Phi) is 4.14. The summed E-state index contributed by atoms with van der Waals surface area (Å²) in [5.74, 6) is -1.04. The lowest BCUT2D eigenvalue weighted by atomic mass is 9.93. The summed E-state index contributed by atoms with van der Waals surface area (Å²) in [4.78, 5) is 26.3. The minimum absolute atomic E-state index is 0.120. The number of carbonyl (C=O) groups excluding carboxylic acids is 1. The number of carbonyl (C=O) groups is 1. The van der Waals surface area contributed by atoms with Crippen LogP contribution in [0.1, 0.15) is 36.8 Å². The quantitative estimate of drug-likeness (QED) is 0.666. The lowest BCUT2D eigenvalue weighted by Gasteiger charge is -2.14. The predicted molar refractivity (Wildman–Crippen MR) is 83.5 cm³/mol. The van der Waals surface area contributed by atoms with Crippen LogP contribution in [0.4, 0.5) is 10.8 Å². The van der Waals surface area contributed by atoms with Gasteiger partial charge in [0.2, 0.25) is 0 Å². The minimum atomic E-state index is -0.715. The summed E-state index contributed by atoms with van der Waals surface area (Å²) in [6.07, 6.45) is 0. The van der Waals surface area contributed by atoms with E-state index in [2.05, 4.69) is 10.3 Å². The molecule has 0 fully saturated rings. The van der Waals surface area contributed by atoms with Gasteiger partial charge in [0, 0.05) is 22.4 Å². The topological polar surface area (TPSA) is 105 Å². The number of nitro groups is 1. The zero-order valence-electron chi connectivity index (χ0n) is 12.3. The van der Waals surface area contributed by atoms with Crippen molar-refractivity contribution in [2.75, 3.05) is 5.32 Å². The average Bonchev–Trinajstić information content (AvgIpc) is 2.86. The van der Waals surface area contributed by atoms with Crippen molar-refractivity contribution in [3.8, 4) is 5.75 Å². The summed E-state index contributed by atoms with van der Waals surface area (Å²) in [5, 5.41) is 25.1. The van der Waals surface area contributed by atoms with E-state index in [9.17, 15) is 20.0 Å². The summed E-state index contributed by atoms with van der Waals surface area (Å²) in [7, 11) is 0. The van der Waals surface area contributed by atoms with Crippen LogP contribution in [0.15, 0.2) is 23.6 Å². The number of rotatable bonds is 3. The van der Waals surface area contributed by atoms with Crippen LogP contribution in [-0.2, 0) is 5.41 Å². The van der Waals surface area contributed by atoms with Gasteiger partial charge in [-0.15, -0.1) is 11.3 Å². The molecule has 0 unspecified atom stereocenters. The van der Waals surface area contributed by atoms with Crippen molar-refractivity contribution in [2.24, 2.45) is 0 Å². The van der Waals surface area contributed by atoms with Crippen LogP contribution in [0, 0.1) is 10.1 Å². The fraction of sp³-hybridized carbons (Fsp3) is 0.286. The van der Waals surface area contributed by atoms with Gasteiger partial charge < -0.3 is 5.11 Å². The van der Waals surface area contributed by atoms with E-state index in [-0.39, 0.29) is 11.0 Å². The fourth-order valence-corrected chi connectivity index (χ4v) is 2.60. The number of nitrogens with zero attached hydrogens (tertiary/aromatic N) is 2. The number of hydrogen-bond donors (Lipinski definition) is 2. The minimum Gasteiger partial charge on any atom is -0.502 e. The highest BCUT2D eigenvalue weighted by molar-refractivity contribution is 7.14. The van der Waals surface area contributed by atoms with Crippen molar-refractivity contribution >= 4 is 28.1 Å². The van der Waals surface area contributed by atoms with E-state index >= 15 is 0 Å². The number of nitro benzene ring substituents is 1. The van der Waals surface area contributed by atoms with E-state index in [1.807, 2.05) is 26.2 Å². The van der Waals surface area contributed by atoms with Crippen LogP contribution in [0.25, 0.3) is 0 Å². The van der Waals surface area contributed by atoms with Crippen LogP contribution in [0.2, 0.25) is 0 Å². The van der Waals surface area contributed by atoms with E-state index in [0.29, 0.717) is 5.13 Å². The van der Waals surface area contributed by atoms with E-state index in [4.69, 9.17) is 0 Å².